The van der Waals surface area contributed by atoms with Crippen molar-refractivity contribution < 1.29 is 5.11 Å². The molecule has 3 rings (SSSR count). The van der Waals surface area contributed by atoms with E-state index in [0.29, 0.717) is 6.04 Å². The highest BCUT2D eigenvalue weighted by Crippen LogP contribution is 2.28. The van der Waals surface area contributed by atoms with Crippen LogP contribution < -0.4 is 5.32 Å². The van der Waals surface area contributed by atoms with Crippen LogP contribution in [0.2, 0.25) is 0 Å². The van der Waals surface area contributed by atoms with Crippen LogP contribution in [0.3, 0.4) is 0 Å². The van der Waals surface area contributed by atoms with Gasteiger partial charge in [-0.05, 0) is 58.3 Å². The number of aliphatic hydroxyl groups is 1. The summed E-state index contributed by atoms with van der Waals surface area (Å²) in [6.45, 7) is 1.98. The third kappa shape index (κ3) is 2.89. The molecule has 1 aromatic rings. The fraction of sp³-hybridized carbons (Fsp3) is 0.733. The Labute approximate surface area is 114 Å². The Balaban J connectivity index is 1.78. The molecule has 2 N–H and O–H groups in total. The summed E-state index contributed by atoms with van der Waals surface area (Å²) < 4.78 is 0. The molecule has 0 atom stereocenters. The van der Waals surface area contributed by atoms with Crippen LogP contribution in [0.15, 0.2) is 0 Å². The van der Waals surface area contributed by atoms with Crippen molar-refractivity contribution in [1.82, 2.24) is 9.97 Å². The molecule has 0 radical (unpaired) electrons. The zero-order chi connectivity index (χ0) is 13.2. The largest absolute Gasteiger partial charge is 0.393 e. The van der Waals surface area contributed by atoms with Crippen molar-refractivity contribution in [2.24, 2.45) is 0 Å². The fourth-order valence-electron chi connectivity index (χ4n) is 3.25. The van der Waals surface area contributed by atoms with Crippen LogP contribution in [0.5, 0.6) is 0 Å². The van der Waals surface area contributed by atoms with E-state index in [-0.39, 0.29) is 6.10 Å². The van der Waals surface area contributed by atoms with E-state index in [4.69, 9.17) is 0 Å². The SMILES string of the molecule is Cc1nc2c(c(NC3CCC(O)CC3)n1)CCCC2. The summed E-state index contributed by atoms with van der Waals surface area (Å²) in [6.07, 6.45) is 8.49. The number of rotatable bonds is 2. The van der Waals surface area contributed by atoms with Crippen molar-refractivity contribution in [2.75, 3.05) is 5.32 Å². The number of nitrogens with zero attached hydrogens (tertiary/aromatic N) is 2. The van der Waals surface area contributed by atoms with Crippen LogP contribution in [-0.2, 0) is 12.8 Å². The highest BCUT2D eigenvalue weighted by Gasteiger charge is 2.22. The van der Waals surface area contributed by atoms with Gasteiger partial charge >= 0.3 is 0 Å². The van der Waals surface area contributed by atoms with Crippen LogP contribution in [0.25, 0.3) is 0 Å². The van der Waals surface area contributed by atoms with Crippen LogP contribution in [0, 0.1) is 6.92 Å². The first kappa shape index (κ1) is 12.9. The van der Waals surface area contributed by atoms with E-state index in [1.165, 1.54) is 24.1 Å². The minimum absolute atomic E-state index is 0.0981. The average molecular weight is 261 g/mol. The summed E-state index contributed by atoms with van der Waals surface area (Å²) in [7, 11) is 0. The molecule has 0 aliphatic heterocycles. The van der Waals surface area contributed by atoms with Gasteiger partial charge in [-0.1, -0.05) is 0 Å². The molecule has 2 aliphatic carbocycles. The monoisotopic (exact) mass is 261 g/mol. The van der Waals surface area contributed by atoms with Crippen molar-refractivity contribution >= 4 is 5.82 Å². The maximum absolute atomic E-state index is 9.58. The molecule has 19 heavy (non-hydrogen) atoms. The van der Waals surface area contributed by atoms with Gasteiger partial charge in [0, 0.05) is 17.3 Å². The molecule has 4 heteroatoms. The molecule has 0 saturated heterocycles. The molecular formula is C15H23N3O. The number of nitrogens with one attached hydrogen (secondary N) is 1. The van der Waals surface area contributed by atoms with E-state index in [1.54, 1.807) is 0 Å². The normalized spacial score (nSPS) is 26.8. The van der Waals surface area contributed by atoms with Gasteiger partial charge in [0.15, 0.2) is 0 Å². The van der Waals surface area contributed by atoms with E-state index in [0.717, 1.165) is 50.2 Å². The minimum Gasteiger partial charge on any atom is -0.393 e. The summed E-state index contributed by atoms with van der Waals surface area (Å²) in [5.74, 6) is 1.93. The second kappa shape index (κ2) is 5.45. The predicted molar refractivity (Wildman–Crippen MR) is 75.3 cm³/mol. The summed E-state index contributed by atoms with van der Waals surface area (Å²) in [5, 5.41) is 13.2. The van der Waals surface area contributed by atoms with Gasteiger partial charge in [-0.3, -0.25) is 0 Å². The molecule has 0 amide bonds. The standard InChI is InChI=1S/C15H23N3O/c1-10-16-14-5-3-2-4-13(14)15(17-10)18-11-6-8-12(19)9-7-11/h11-12,19H,2-9H2,1H3,(H,16,17,18). The number of fused-ring (bicyclic) bond motifs is 1. The van der Waals surface area contributed by atoms with Crippen molar-refractivity contribution in [2.45, 2.75) is 70.4 Å². The third-order valence-corrected chi connectivity index (χ3v) is 4.33. The van der Waals surface area contributed by atoms with Crippen LogP contribution >= 0.6 is 0 Å². The molecule has 4 nitrogen and oxygen atoms in total. The molecular weight excluding hydrogens is 238 g/mol. The molecule has 1 saturated carbocycles. The first-order valence-electron chi connectivity index (χ1n) is 7.53. The Morgan fingerprint density at radius 3 is 2.58 bits per heavy atom. The predicted octanol–water partition coefficient (Wildman–Crippen LogP) is 2.38. The first-order chi connectivity index (χ1) is 9.22. The average Bonchev–Trinajstić information content (AvgIpc) is 2.41. The Kier molecular flexibility index (Phi) is 3.69. The second-order valence-electron chi connectivity index (χ2n) is 5.90. The van der Waals surface area contributed by atoms with Gasteiger partial charge in [0.05, 0.1) is 6.10 Å². The molecule has 0 bridgehead atoms. The van der Waals surface area contributed by atoms with E-state index in [2.05, 4.69) is 15.3 Å². The maximum atomic E-state index is 9.58. The van der Waals surface area contributed by atoms with Crippen LogP contribution in [-0.4, -0.2) is 27.2 Å². The lowest BCUT2D eigenvalue weighted by Crippen LogP contribution is -2.29. The molecule has 1 heterocycles. The number of hydrogen-bond donors (Lipinski definition) is 2. The summed E-state index contributed by atoms with van der Waals surface area (Å²) in [4.78, 5) is 9.20. The van der Waals surface area contributed by atoms with Crippen molar-refractivity contribution in [1.29, 1.82) is 0 Å². The van der Waals surface area contributed by atoms with Crippen molar-refractivity contribution in [3.05, 3.63) is 17.1 Å². The van der Waals surface area contributed by atoms with Crippen molar-refractivity contribution in [3.8, 4) is 0 Å². The van der Waals surface area contributed by atoms with Gasteiger partial charge < -0.3 is 10.4 Å². The van der Waals surface area contributed by atoms with Gasteiger partial charge in [0.2, 0.25) is 0 Å². The van der Waals surface area contributed by atoms with Gasteiger partial charge in [-0.15, -0.1) is 0 Å². The fourth-order valence-corrected chi connectivity index (χ4v) is 3.25. The number of aliphatic hydroxyl groups excluding tert-OH is 1. The smallest absolute Gasteiger partial charge is 0.133 e. The zero-order valence-electron chi connectivity index (χ0n) is 11.7. The molecule has 0 unspecified atom stereocenters. The Morgan fingerprint density at radius 2 is 1.79 bits per heavy atom. The summed E-state index contributed by atoms with van der Waals surface area (Å²) >= 11 is 0. The summed E-state index contributed by atoms with van der Waals surface area (Å²) in [5.41, 5.74) is 2.58. The van der Waals surface area contributed by atoms with Crippen LogP contribution in [0.1, 0.15) is 55.6 Å². The molecule has 104 valence electrons. The van der Waals surface area contributed by atoms with E-state index in [9.17, 15) is 5.11 Å². The second-order valence-corrected chi connectivity index (χ2v) is 5.90. The maximum Gasteiger partial charge on any atom is 0.133 e. The zero-order valence-corrected chi connectivity index (χ0v) is 11.7. The third-order valence-electron chi connectivity index (χ3n) is 4.33. The van der Waals surface area contributed by atoms with E-state index in [1.807, 2.05) is 6.92 Å². The first-order valence-corrected chi connectivity index (χ1v) is 7.53. The molecule has 1 fully saturated rings. The highest BCUT2D eigenvalue weighted by atomic mass is 16.3. The Bertz CT molecular complexity index is 453. The quantitative estimate of drug-likeness (QED) is 0.858. The van der Waals surface area contributed by atoms with Gasteiger partial charge in [-0.2, -0.15) is 0 Å². The number of aromatic nitrogens is 2. The van der Waals surface area contributed by atoms with E-state index >= 15 is 0 Å². The van der Waals surface area contributed by atoms with Crippen molar-refractivity contribution in [3.63, 3.8) is 0 Å². The van der Waals surface area contributed by atoms with Gasteiger partial charge in [-0.25, -0.2) is 9.97 Å². The lowest BCUT2D eigenvalue weighted by Gasteiger charge is -2.28. The molecule has 1 aromatic heterocycles. The van der Waals surface area contributed by atoms with Gasteiger partial charge in [0.25, 0.3) is 0 Å². The summed E-state index contributed by atoms with van der Waals surface area (Å²) in [6, 6.07) is 0.462. The van der Waals surface area contributed by atoms with E-state index < -0.39 is 0 Å². The molecule has 2 aliphatic rings. The van der Waals surface area contributed by atoms with Crippen LogP contribution in [0.4, 0.5) is 5.82 Å². The topological polar surface area (TPSA) is 58.0 Å². The number of anilines is 1. The molecule has 0 spiro atoms. The number of aryl methyl sites for hydroxylation is 2. The lowest BCUT2D eigenvalue weighted by atomic mass is 9.92. The Morgan fingerprint density at radius 1 is 1.05 bits per heavy atom. The highest BCUT2D eigenvalue weighted by molar-refractivity contribution is 5.48. The molecule has 0 aromatic carbocycles. The number of hydrogen-bond acceptors (Lipinski definition) is 4. The lowest BCUT2D eigenvalue weighted by molar-refractivity contribution is 0.126. The minimum atomic E-state index is -0.0981. The van der Waals surface area contributed by atoms with Gasteiger partial charge in [0.1, 0.15) is 11.6 Å². The Hall–Kier alpha value is -1.16.